The number of carbonyl (C=O) groups is 2. The number of amides is 3. The molecule has 1 heterocycles. The molecule has 0 spiro atoms. The van der Waals surface area contributed by atoms with Crippen LogP contribution in [0.15, 0.2) is 24.3 Å². The first-order valence-corrected chi connectivity index (χ1v) is 6.16. The Balaban J connectivity index is 1.90. The average molecular weight is 265 g/mol. The number of nitrogens with one attached hydrogen (secondary N) is 1. The van der Waals surface area contributed by atoms with Gasteiger partial charge in [-0.1, -0.05) is 12.1 Å². The van der Waals surface area contributed by atoms with Gasteiger partial charge in [0.15, 0.2) is 0 Å². The molecule has 0 saturated carbocycles. The number of rotatable bonds is 3. The predicted molar refractivity (Wildman–Crippen MR) is 67.6 cm³/mol. The zero-order valence-corrected chi connectivity index (χ0v) is 10.4. The summed E-state index contributed by atoms with van der Waals surface area (Å²) in [7, 11) is 0. The van der Waals surface area contributed by atoms with E-state index in [1.807, 2.05) is 0 Å². The van der Waals surface area contributed by atoms with Gasteiger partial charge in [0.05, 0.1) is 0 Å². The maximum atomic E-state index is 12.7. The zero-order valence-electron chi connectivity index (χ0n) is 10.4. The lowest BCUT2D eigenvalue weighted by molar-refractivity contribution is -0.124. The Morgan fingerprint density at radius 2 is 2.05 bits per heavy atom. The summed E-state index contributed by atoms with van der Waals surface area (Å²) in [5.74, 6) is -0.536. The van der Waals surface area contributed by atoms with Gasteiger partial charge in [-0.15, -0.1) is 0 Å². The summed E-state index contributed by atoms with van der Waals surface area (Å²) in [6, 6.07) is 4.84. The van der Waals surface area contributed by atoms with Gasteiger partial charge in [0.1, 0.15) is 11.9 Å². The first-order chi connectivity index (χ1) is 9.08. The SMILES string of the molecule is NC(=O)N1CCC[C@@H]1C(=O)NCc1ccc(F)cc1. The Morgan fingerprint density at radius 3 is 2.68 bits per heavy atom. The van der Waals surface area contributed by atoms with Gasteiger partial charge in [0.2, 0.25) is 5.91 Å². The van der Waals surface area contributed by atoms with E-state index in [0.717, 1.165) is 12.0 Å². The van der Waals surface area contributed by atoms with Crippen LogP contribution in [0.3, 0.4) is 0 Å². The Bertz CT molecular complexity index is 475. The van der Waals surface area contributed by atoms with Crippen molar-refractivity contribution in [3.63, 3.8) is 0 Å². The number of nitrogens with two attached hydrogens (primary N) is 1. The molecule has 0 aliphatic carbocycles. The monoisotopic (exact) mass is 265 g/mol. The molecule has 1 fully saturated rings. The van der Waals surface area contributed by atoms with E-state index >= 15 is 0 Å². The molecule has 3 amide bonds. The highest BCUT2D eigenvalue weighted by atomic mass is 19.1. The molecule has 1 aromatic rings. The van der Waals surface area contributed by atoms with E-state index in [1.54, 1.807) is 12.1 Å². The van der Waals surface area contributed by atoms with E-state index in [2.05, 4.69) is 5.32 Å². The third kappa shape index (κ3) is 3.21. The lowest BCUT2D eigenvalue weighted by atomic mass is 10.2. The molecular weight excluding hydrogens is 249 g/mol. The number of primary amides is 1. The van der Waals surface area contributed by atoms with Crippen molar-refractivity contribution in [2.24, 2.45) is 5.73 Å². The first kappa shape index (κ1) is 13.3. The Kier molecular flexibility index (Phi) is 3.99. The van der Waals surface area contributed by atoms with Crippen molar-refractivity contribution >= 4 is 11.9 Å². The molecule has 0 aromatic heterocycles. The first-order valence-electron chi connectivity index (χ1n) is 6.16. The molecule has 5 nitrogen and oxygen atoms in total. The van der Waals surface area contributed by atoms with E-state index in [4.69, 9.17) is 5.73 Å². The van der Waals surface area contributed by atoms with E-state index in [-0.39, 0.29) is 11.7 Å². The number of hydrogen-bond acceptors (Lipinski definition) is 2. The summed E-state index contributed by atoms with van der Waals surface area (Å²) in [5, 5.41) is 2.73. The number of likely N-dealkylation sites (tertiary alicyclic amines) is 1. The van der Waals surface area contributed by atoms with E-state index in [9.17, 15) is 14.0 Å². The van der Waals surface area contributed by atoms with Crippen LogP contribution in [-0.2, 0) is 11.3 Å². The highest BCUT2D eigenvalue weighted by Gasteiger charge is 2.32. The topological polar surface area (TPSA) is 75.4 Å². The maximum Gasteiger partial charge on any atom is 0.315 e. The second-order valence-electron chi connectivity index (χ2n) is 4.53. The molecule has 1 atom stereocenters. The van der Waals surface area contributed by atoms with Crippen LogP contribution in [0.4, 0.5) is 9.18 Å². The molecule has 3 N–H and O–H groups in total. The van der Waals surface area contributed by atoms with Crippen LogP contribution in [0.25, 0.3) is 0 Å². The number of urea groups is 1. The Morgan fingerprint density at radius 1 is 1.37 bits per heavy atom. The fraction of sp³-hybridized carbons (Fsp3) is 0.385. The zero-order chi connectivity index (χ0) is 13.8. The van der Waals surface area contributed by atoms with Gasteiger partial charge in [-0.05, 0) is 30.5 Å². The van der Waals surface area contributed by atoms with Crippen LogP contribution >= 0.6 is 0 Å². The van der Waals surface area contributed by atoms with Gasteiger partial charge in [-0.25, -0.2) is 9.18 Å². The van der Waals surface area contributed by atoms with Crippen LogP contribution in [0, 0.1) is 5.82 Å². The fourth-order valence-electron chi connectivity index (χ4n) is 2.21. The average Bonchev–Trinajstić information content (AvgIpc) is 2.87. The number of halogens is 1. The third-order valence-corrected chi connectivity index (χ3v) is 3.22. The molecule has 1 saturated heterocycles. The Hall–Kier alpha value is -2.11. The number of benzene rings is 1. The summed E-state index contributed by atoms with van der Waals surface area (Å²) in [6.45, 7) is 0.826. The molecule has 102 valence electrons. The van der Waals surface area contributed by atoms with Gasteiger partial charge >= 0.3 is 6.03 Å². The minimum Gasteiger partial charge on any atom is -0.351 e. The molecular formula is C13H16FN3O2. The van der Waals surface area contributed by atoms with E-state index < -0.39 is 12.1 Å². The highest BCUT2D eigenvalue weighted by Crippen LogP contribution is 2.16. The van der Waals surface area contributed by atoms with Gasteiger partial charge < -0.3 is 16.0 Å². The summed E-state index contributed by atoms with van der Waals surface area (Å²) < 4.78 is 12.7. The Labute approximate surface area is 110 Å². The highest BCUT2D eigenvalue weighted by molar-refractivity contribution is 5.87. The molecule has 0 radical (unpaired) electrons. The summed E-state index contributed by atoms with van der Waals surface area (Å²) in [6.07, 6.45) is 1.40. The van der Waals surface area contributed by atoms with E-state index in [1.165, 1.54) is 17.0 Å². The minimum atomic E-state index is -0.570. The summed E-state index contributed by atoms with van der Waals surface area (Å²) >= 11 is 0. The number of nitrogens with zero attached hydrogens (tertiary/aromatic N) is 1. The standard InChI is InChI=1S/C13H16FN3O2/c14-10-5-3-9(4-6-10)8-16-12(18)11-2-1-7-17(11)13(15)19/h3-6,11H,1-2,7-8H2,(H2,15,19)(H,16,18)/t11-/m1/s1. The molecule has 1 aromatic carbocycles. The molecule has 6 heteroatoms. The lowest BCUT2D eigenvalue weighted by Crippen LogP contribution is -2.47. The van der Waals surface area contributed by atoms with E-state index in [0.29, 0.717) is 19.5 Å². The van der Waals surface area contributed by atoms with Crippen LogP contribution < -0.4 is 11.1 Å². The molecule has 0 bridgehead atoms. The van der Waals surface area contributed by atoms with Crippen LogP contribution in [-0.4, -0.2) is 29.4 Å². The molecule has 2 rings (SSSR count). The van der Waals surface area contributed by atoms with Gasteiger partial charge in [0.25, 0.3) is 0 Å². The quantitative estimate of drug-likeness (QED) is 0.855. The van der Waals surface area contributed by atoms with Crippen molar-refractivity contribution in [2.45, 2.75) is 25.4 Å². The van der Waals surface area contributed by atoms with Crippen molar-refractivity contribution < 1.29 is 14.0 Å². The molecule has 0 unspecified atom stereocenters. The second-order valence-corrected chi connectivity index (χ2v) is 4.53. The lowest BCUT2D eigenvalue weighted by Gasteiger charge is -2.21. The normalized spacial score (nSPS) is 18.4. The maximum absolute atomic E-state index is 12.7. The van der Waals surface area contributed by atoms with Gasteiger partial charge in [0, 0.05) is 13.1 Å². The predicted octanol–water partition coefficient (Wildman–Crippen LogP) is 0.985. The molecule has 1 aliphatic rings. The summed E-state index contributed by atoms with van der Waals surface area (Å²) in [4.78, 5) is 24.5. The second kappa shape index (κ2) is 5.69. The molecule has 1 aliphatic heterocycles. The van der Waals surface area contributed by atoms with Gasteiger partial charge in [-0.3, -0.25) is 4.79 Å². The fourth-order valence-corrected chi connectivity index (χ4v) is 2.21. The minimum absolute atomic E-state index is 0.222. The van der Waals surface area contributed by atoms with Crippen molar-refractivity contribution in [2.75, 3.05) is 6.54 Å². The molecule has 19 heavy (non-hydrogen) atoms. The number of carbonyl (C=O) groups excluding carboxylic acids is 2. The third-order valence-electron chi connectivity index (χ3n) is 3.22. The van der Waals surface area contributed by atoms with Crippen LogP contribution in [0.2, 0.25) is 0 Å². The summed E-state index contributed by atoms with van der Waals surface area (Å²) in [5.41, 5.74) is 6.02. The smallest absolute Gasteiger partial charge is 0.315 e. The van der Waals surface area contributed by atoms with Crippen LogP contribution in [0.1, 0.15) is 18.4 Å². The van der Waals surface area contributed by atoms with Crippen LogP contribution in [0.5, 0.6) is 0 Å². The van der Waals surface area contributed by atoms with Crippen molar-refractivity contribution in [3.8, 4) is 0 Å². The largest absolute Gasteiger partial charge is 0.351 e. The van der Waals surface area contributed by atoms with Crippen molar-refractivity contribution in [3.05, 3.63) is 35.6 Å². The number of hydrogen-bond donors (Lipinski definition) is 2. The van der Waals surface area contributed by atoms with Gasteiger partial charge in [-0.2, -0.15) is 0 Å². The van der Waals surface area contributed by atoms with Crippen molar-refractivity contribution in [1.29, 1.82) is 0 Å². The van der Waals surface area contributed by atoms with Crippen molar-refractivity contribution in [1.82, 2.24) is 10.2 Å².